The van der Waals surface area contributed by atoms with Crippen LogP contribution in [0.4, 0.5) is 0 Å². The summed E-state index contributed by atoms with van der Waals surface area (Å²) >= 11 is 0. The summed E-state index contributed by atoms with van der Waals surface area (Å²) in [5.74, 6) is 7.66. The summed E-state index contributed by atoms with van der Waals surface area (Å²) in [5, 5.41) is 11.5. The van der Waals surface area contributed by atoms with Gasteiger partial charge in [0.15, 0.2) is 5.60 Å². The van der Waals surface area contributed by atoms with E-state index in [1.165, 1.54) is 0 Å². The van der Waals surface area contributed by atoms with Crippen LogP contribution in [-0.4, -0.2) is 19.3 Å². The lowest BCUT2D eigenvalue weighted by Crippen LogP contribution is -2.22. The van der Waals surface area contributed by atoms with Crippen LogP contribution in [0.15, 0.2) is 66.7 Å². The van der Waals surface area contributed by atoms with Gasteiger partial charge in [-0.05, 0) is 47.5 Å². The second-order valence-electron chi connectivity index (χ2n) is 6.15. The number of hydrogen-bond acceptors (Lipinski definition) is 3. The van der Waals surface area contributed by atoms with Crippen LogP contribution in [0.1, 0.15) is 16.7 Å². The Morgan fingerprint density at radius 2 is 1.31 bits per heavy atom. The lowest BCUT2D eigenvalue weighted by molar-refractivity contribution is 0.150. The average Bonchev–Trinajstić information content (AvgIpc) is 2.95. The molecule has 128 valence electrons. The maximum absolute atomic E-state index is 11.5. The molecule has 0 atom stereocenters. The van der Waals surface area contributed by atoms with Gasteiger partial charge in [-0.1, -0.05) is 42.2 Å². The van der Waals surface area contributed by atoms with Gasteiger partial charge in [0.1, 0.15) is 11.5 Å². The number of fused-ring (bicyclic) bond motifs is 3. The van der Waals surface area contributed by atoms with E-state index >= 15 is 0 Å². The smallest absolute Gasteiger partial charge is 0.178 e. The van der Waals surface area contributed by atoms with Crippen molar-refractivity contribution < 1.29 is 14.6 Å². The predicted octanol–water partition coefficient (Wildman–Crippen LogP) is 3.97. The highest BCUT2D eigenvalue weighted by molar-refractivity contribution is 5.84. The second-order valence-corrected chi connectivity index (χ2v) is 6.15. The highest BCUT2D eigenvalue weighted by Gasteiger charge is 2.41. The third kappa shape index (κ3) is 2.52. The summed E-state index contributed by atoms with van der Waals surface area (Å²) in [7, 11) is 3.26. The van der Waals surface area contributed by atoms with E-state index in [-0.39, 0.29) is 0 Å². The molecule has 3 nitrogen and oxygen atoms in total. The molecule has 26 heavy (non-hydrogen) atoms. The molecule has 0 unspecified atom stereocenters. The Balaban J connectivity index is 1.93. The van der Waals surface area contributed by atoms with Gasteiger partial charge in [-0.2, -0.15) is 0 Å². The van der Waals surface area contributed by atoms with Crippen molar-refractivity contribution in [3.05, 3.63) is 83.4 Å². The Labute approximate surface area is 152 Å². The Hall–Kier alpha value is -3.22. The van der Waals surface area contributed by atoms with Crippen molar-refractivity contribution in [1.82, 2.24) is 0 Å². The normalized spacial score (nSPS) is 13.2. The van der Waals surface area contributed by atoms with Crippen molar-refractivity contribution in [2.24, 2.45) is 0 Å². The number of ether oxygens (including phenoxy) is 2. The van der Waals surface area contributed by atoms with Crippen molar-refractivity contribution in [1.29, 1.82) is 0 Å². The van der Waals surface area contributed by atoms with Crippen LogP contribution < -0.4 is 9.47 Å². The third-order valence-corrected chi connectivity index (χ3v) is 4.68. The minimum atomic E-state index is -1.38. The minimum absolute atomic E-state index is 0.734. The summed E-state index contributed by atoms with van der Waals surface area (Å²) in [6.45, 7) is 0. The molecule has 1 aliphatic carbocycles. The molecule has 1 N–H and O–H groups in total. The summed E-state index contributed by atoms with van der Waals surface area (Å²) in [4.78, 5) is 0. The first kappa shape index (κ1) is 16.3. The highest BCUT2D eigenvalue weighted by atomic mass is 16.5. The highest BCUT2D eigenvalue weighted by Crippen LogP contribution is 2.49. The van der Waals surface area contributed by atoms with Crippen molar-refractivity contribution in [3.63, 3.8) is 0 Å². The molecular weight excluding hydrogens is 324 g/mol. The number of benzene rings is 3. The van der Waals surface area contributed by atoms with E-state index in [0.717, 1.165) is 39.3 Å². The molecule has 3 heteroatoms. The Kier molecular flexibility index (Phi) is 3.91. The molecule has 0 aliphatic heterocycles. The number of rotatable bonds is 2. The van der Waals surface area contributed by atoms with Crippen molar-refractivity contribution >= 4 is 0 Å². The van der Waals surface area contributed by atoms with Gasteiger partial charge >= 0.3 is 0 Å². The van der Waals surface area contributed by atoms with Crippen LogP contribution in [0.25, 0.3) is 11.1 Å². The summed E-state index contributed by atoms with van der Waals surface area (Å²) in [6, 6.07) is 20.9. The monoisotopic (exact) mass is 342 g/mol. The quantitative estimate of drug-likeness (QED) is 0.716. The van der Waals surface area contributed by atoms with Crippen LogP contribution >= 0.6 is 0 Å². The topological polar surface area (TPSA) is 38.7 Å². The van der Waals surface area contributed by atoms with Gasteiger partial charge in [-0.3, -0.25) is 0 Å². The molecule has 0 amide bonds. The molecule has 0 bridgehead atoms. The molecule has 3 aromatic carbocycles. The molecule has 0 aromatic heterocycles. The van der Waals surface area contributed by atoms with Gasteiger partial charge in [0.2, 0.25) is 0 Å². The van der Waals surface area contributed by atoms with Crippen molar-refractivity contribution in [2.75, 3.05) is 14.2 Å². The molecule has 0 radical (unpaired) electrons. The van der Waals surface area contributed by atoms with E-state index in [0.29, 0.717) is 0 Å². The molecular formula is C23H18O3. The van der Waals surface area contributed by atoms with E-state index in [2.05, 4.69) is 11.8 Å². The zero-order chi connectivity index (χ0) is 18.1. The largest absolute Gasteiger partial charge is 0.497 e. The standard InChI is InChI=1S/C23H18O3/c1-25-17-8-10-21-19(14-17)20-15-18(26-2)9-11-22(20)23(21,24)13-12-16-6-4-3-5-7-16/h3-11,14-15,24H,1-2H3. The summed E-state index contributed by atoms with van der Waals surface area (Å²) in [6.07, 6.45) is 0. The van der Waals surface area contributed by atoms with E-state index in [1.54, 1.807) is 14.2 Å². The number of hydrogen-bond donors (Lipinski definition) is 1. The van der Waals surface area contributed by atoms with Gasteiger partial charge in [0, 0.05) is 16.7 Å². The lowest BCUT2D eigenvalue weighted by Gasteiger charge is -2.19. The maximum Gasteiger partial charge on any atom is 0.178 e. The van der Waals surface area contributed by atoms with Crippen LogP contribution in [0, 0.1) is 11.8 Å². The maximum atomic E-state index is 11.5. The van der Waals surface area contributed by atoms with Gasteiger partial charge in [0.25, 0.3) is 0 Å². The third-order valence-electron chi connectivity index (χ3n) is 4.68. The average molecular weight is 342 g/mol. The van der Waals surface area contributed by atoms with Gasteiger partial charge in [-0.25, -0.2) is 0 Å². The van der Waals surface area contributed by atoms with E-state index in [9.17, 15) is 5.11 Å². The lowest BCUT2D eigenvalue weighted by atomic mass is 9.91. The number of aliphatic hydroxyl groups is 1. The minimum Gasteiger partial charge on any atom is -0.497 e. The van der Waals surface area contributed by atoms with Crippen molar-refractivity contribution in [2.45, 2.75) is 5.60 Å². The summed E-state index contributed by atoms with van der Waals surface area (Å²) in [5.41, 5.74) is 2.80. The molecule has 0 fully saturated rings. The number of methoxy groups -OCH3 is 2. The molecule has 3 aromatic rings. The van der Waals surface area contributed by atoms with E-state index in [4.69, 9.17) is 9.47 Å². The molecule has 1 aliphatic rings. The van der Waals surface area contributed by atoms with Gasteiger partial charge in [0.05, 0.1) is 14.2 Å². The van der Waals surface area contributed by atoms with E-state index < -0.39 is 5.60 Å². The van der Waals surface area contributed by atoms with Crippen molar-refractivity contribution in [3.8, 4) is 34.5 Å². The van der Waals surface area contributed by atoms with Crippen LogP contribution in [0.2, 0.25) is 0 Å². The summed E-state index contributed by atoms with van der Waals surface area (Å²) < 4.78 is 10.7. The first-order valence-corrected chi connectivity index (χ1v) is 8.34. The zero-order valence-corrected chi connectivity index (χ0v) is 14.6. The first-order valence-electron chi connectivity index (χ1n) is 8.34. The molecule has 0 saturated carbocycles. The first-order chi connectivity index (χ1) is 12.7. The molecule has 0 spiro atoms. The molecule has 0 saturated heterocycles. The Morgan fingerprint density at radius 1 is 0.769 bits per heavy atom. The Morgan fingerprint density at radius 3 is 1.81 bits per heavy atom. The fourth-order valence-electron chi connectivity index (χ4n) is 3.34. The second kappa shape index (κ2) is 6.25. The Bertz CT molecular complexity index is 973. The fourth-order valence-corrected chi connectivity index (χ4v) is 3.34. The molecule has 4 rings (SSSR count). The SMILES string of the molecule is COc1ccc2c(c1)-c1cc(OC)ccc1C2(O)C#Cc1ccccc1. The predicted molar refractivity (Wildman–Crippen MR) is 101 cm³/mol. The van der Waals surface area contributed by atoms with Gasteiger partial charge in [-0.15, -0.1) is 0 Å². The van der Waals surface area contributed by atoms with Gasteiger partial charge < -0.3 is 14.6 Å². The van der Waals surface area contributed by atoms with Crippen LogP contribution in [-0.2, 0) is 5.60 Å². The fraction of sp³-hybridized carbons (Fsp3) is 0.130. The van der Waals surface area contributed by atoms with Crippen LogP contribution in [0.5, 0.6) is 11.5 Å². The van der Waals surface area contributed by atoms with E-state index in [1.807, 2.05) is 66.7 Å². The molecule has 0 heterocycles. The zero-order valence-electron chi connectivity index (χ0n) is 14.6. The van der Waals surface area contributed by atoms with Crippen LogP contribution in [0.3, 0.4) is 0 Å².